The lowest BCUT2D eigenvalue weighted by Crippen LogP contribution is -2.33. The van der Waals surface area contributed by atoms with E-state index in [1.807, 2.05) is 55.0 Å². The predicted molar refractivity (Wildman–Crippen MR) is 122 cm³/mol. The number of piperidine rings is 1. The van der Waals surface area contributed by atoms with Gasteiger partial charge >= 0.3 is 0 Å². The smallest absolute Gasteiger partial charge is 0.219 e. The Morgan fingerprint density at radius 1 is 0.839 bits per heavy atom. The van der Waals surface area contributed by atoms with Crippen LogP contribution in [0.25, 0.3) is 11.3 Å². The summed E-state index contributed by atoms with van der Waals surface area (Å²) in [6.45, 7) is 3.26. The molecule has 1 aliphatic rings. The summed E-state index contributed by atoms with van der Waals surface area (Å²) in [6, 6.07) is 24.8. The Balaban J connectivity index is 1.18. The van der Waals surface area contributed by atoms with Crippen LogP contribution in [0.3, 0.4) is 0 Å². The van der Waals surface area contributed by atoms with Gasteiger partial charge in [-0.3, -0.25) is 4.90 Å². The molecule has 156 valence electrons. The van der Waals surface area contributed by atoms with Crippen molar-refractivity contribution in [2.24, 2.45) is 0 Å². The zero-order valence-electron chi connectivity index (χ0n) is 17.5. The summed E-state index contributed by atoms with van der Waals surface area (Å²) in [4.78, 5) is 11.6. The number of benzene rings is 2. The van der Waals surface area contributed by atoms with Crippen LogP contribution in [-0.2, 0) is 6.54 Å². The van der Waals surface area contributed by atoms with Crippen LogP contribution in [0.1, 0.15) is 24.4 Å². The number of hydrogen-bond acceptors (Lipinski definition) is 4. The summed E-state index contributed by atoms with van der Waals surface area (Å²) >= 11 is 0. The number of nitrogens with zero attached hydrogens (tertiary/aromatic N) is 4. The number of aromatic nitrogens is 3. The van der Waals surface area contributed by atoms with Crippen LogP contribution in [0.5, 0.6) is 11.6 Å². The minimum absolute atomic E-state index is 0.502. The number of imidazole rings is 1. The maximum atomic E-state index is 5.78. The zero-order valence-corrected chi connectivity index (χ0v) is 17.5. The molecule has 5 heteroatoms. The Morgan fingerprint density at radius 3 is 2.29 bits per heavy atom. The van der Waals surface area contributed by atoms with Crippen LogP contribution in [0.15, 0.2) is 91.5 Å². The third-order valence-electron chi connectivity index (χ3n) is 5.83. The lowest BCUT2D eigenvalue weighted by molar-refractivity contribution is 0.179. The average molecular weight is 411 g/mol. The molecule has 0 spiro atoms. The van der Waals surface area contributed by atoms with E-state index < -0.39 is 0 Å². The normalized spacial score (nSPS) is 15.1. The molecule has 2 aromatic carbocycles. The third-order valence-corrected chi connectivity index (χ3v) is 5.83. The molecule has 5 rings (SSSR count). The molecule has 1 fully saturated rings. The van der Waals surface area contributed by atoms with Crippen molar-refractivity contribution in [3.05, 3.63) is 97.1 Å². The second-order valence-electron chi connectivity index (χ2n) is 8.00. The molecule has 0 N–H and O–H groups in total. The van der Waals surface area contributed by atoms with E-state index in [0.717, 1.165) is 49.5 Å². The number of ether oxygens (including phenoxy) is 1. The van der Waals surface area contributed by atoms with Gasteiger partial charge < -0.3 is 9.30 Å². The minimum atomic E-state index is 0.502. The SMILES string of the molecule is c1ccc(CN2CCC(n3cnc(-c4ccc(Oc5ccccc5)nc4)c3)CC2)cc1. The monoisotopic (exact) mass is 410 g/mol. The van der Waals surface area contributed by atoms with Crippen molar-refractivity contribution < 1.29 is 4.74 Å². The van der Waals surface area contributed by atoms with Crippen LogP contribution in [0.4, 0.5) is 0 Å². The maximum absolute atomic E-state index is 5.78. The molecule has 5 nitrogen and oxygen atoms in total. The van der Waals surface area contributed by atoms with E-state index in [4.69, 9.17) is 4.74 Å². The van der Waals surface area contributed by atoms with Gasteiger partial charge in [-0.15, -0.1) is 0 Å². The molecule has 4 aromatic rings. The highest BCUT2D eigenvalue weighted by molar-refractivity contribution is 5.57. The maximum Gasteiger partial charge on any atom is 0.219 e. The minimum Gasteiger partial charge on any atom is -0.439 e. The highest BCUT2D eigenvalue weighted by Gasteiger charge is 2.21. The molecule has 0 unspecified atom stereocenters. The predicted octanol–water partition coefficient (Wildman–Crippen LogP) is 5.57. The van der Waals surface area contributed by atoms with E-state index in [9.17, 15) is 0 Å². The number of pyridine rings is 1. The van der Waals surface area contributed by atoms with Gasteiger partial charge in [0.2, 0.25) is 5.88 Å². The van der Waals surface area contributed by atoms with Crippen molar-refractivity contribution in [2.45, 2.75) is 25.4 Å². The van der Waals surface area contributed by atoms with Crippen LogP contribution < -0.4 is 4.74 Å². The van der Waals surface area contributed by atoms with Crippen LogP contribution in [-0.4, -0.2) is 32.5 Å². The second kappa shape index (κ2) is 9.14. The van der Waals surface area contributed by atoms with Gasteiger partial charge in [0.15, 0.2) is 0 Å². The summed E-state index contributed by atoms with van der Waals surface area (Å²) in [6.07, 6.45) is 8.22. The number of rotatable bonds is 6. The van der Waals surface area contributed by atoms with Crippen molar-refractivity contribution in [3.8, 4) is 22.9 Å². The molecule has 31 heavy (non-hydrogen) atoms. The van der Waals surface area contributed by atoms with Crippen molar-refractivity contribution >= 4 is 0 Å². The number of likely N-dealkylation sites (tertiary alicyclic amines) is 1. The van der Waals surface area contributed by atoms with Crippen LogP contribution in [0, 0.1) is 0 Å². The number of para-hydroxylation sites is 1. The highest BCUT2D eigenvalue weighted by Crippen LogP contribution is 2.27. The first-order chi connectivity index (χ1) is 15.3. The lowest BCUT2D eigenvalue weighted by Gasteiger charge is -2.32. The first kappa shape index (κ1) is 19.5. The van der Waals surface area contributed by atoms with Crippen molar-refractivity contribution in [1.29, 1.82) is 0 Å². The number of hydrogen-bond donors (Lipinski definition) is 0. The van der Waals surface area contributed by atoms with Crippen LogP contribution in [0.2, 0.25) is 0 Å². The highest BCUT2D eigenvalue weighted by atomic mass is 16.5. The molecule has 0 saturated carbocycles. The molecule has 1 aliphatic heterocycles. The molecular weight excluding hydrogens is 384 g/mol. The summed E-state index contributed by atoms with van der Waals surface area (Å²) < 4.78 is 8.05. The van der Waals surface area contributed by atoms with E-state index >= 15 is 0 Å². The van der Waals surface area contributed by atoms with Gasteiger partial charge in [0.25, 0.3) is 0 Å². The fourth-order valence-corrected chi connectivity index (χ4v) is 4.10. The third kappa shape index (κ3) is 4.84. The van der Waals surface area contributed by atoms with Gasteiger partial charge in [-0.1, -0.05) is 48.5 Å². The summed E-state index contributed by atoms with van der Waals surface area (Å²) in [5, 5.41) is 0. The quantitative estimate of drug-likeness (QED) is 0.416. The molecule has 2 aromatic heterocycles. The molecule has 0 radical (unpaired) electrons. The van der Waals surface area contributed by atoms with Crippen molar-refractivity contribution in [1.82, 2.24) is 19.4 Å². The summed E-state index contributed by atoms with van der Waals surface area (Å²) in [7, 11) is 0. The van der Waals surface area contributed by atoms with Gasteiger partial charge in [0.1, 0.15) is 5.75 Å². The van der Waals surface area contributed by atoms with Gasteiger partial charge in [0, 0.05) is 49.7 Å². The topological polar surface area (TPSA) is 43.2 Å². The summed E-state index contributed by atoms with van der Waals surface area (Å²) in [5.41, 5.74) is 3.34. The average Bonchev–Trinajstić information content (AvgIpc) is 3.32. The molecule has 0 atom stereocenters. The Morgan fingerprint density at radius 2 is 1.58 bits per heavy atom. The second-order valence-corrected chi connectivity index (χ2v) is 8.00. The molecule has 1 saturated heterocycles. The lowest BCUT2D eigenvalue weighted by atomic mass is 10.0. The standard InChI is InChI=1S/C26H26N4O/c1-3-7-21(8-4-1)18-29-15-13-23(14-16-29)30-19-25(28-20-30)22-11-12-26(27-17-22)31-24-9-5-2-6-10-24/h1-12,17,19-20,23H,13-16,18H2. The van der Waals surface area contributed by atoms with Gasteiger partial charge in [-0.2, -0.15) is 0 Å². The zero-order chi connectivity index (χ0) is 20.9. The molecule has 0 bridgehead atoms. The Kier molecular flexibility index (Phi) is 5.76. The van der Waals surface area contributed by atoms with Gasteiger partial charge in [-0.05, 0) is 36.6 Å². The first-order valence-corrected chi connectivity index (χ1v) is 10.8. The first-order valence-electron chi connectivity index (χ1n) is 10.8. The fraction of sp³-hybridized carbons (Fsp3) is 0.231. The molecular formula is C26H26N4O. The Hall–Kier alpha value is -3.44. The van der Waals surface area contributed by atoms with E-state index in [-0.39, 0.29) is 0 Å². The Labute approximate surface area is 183 Å². The molecule has 0 amide bonds. The Bertz CT molecular complexity index is 1090. The van der Waals surface area contributed by atoms with E-state index in [2.05, 4.69) is 56.0 Å². The fourth-order valence-electron chi connectivity index (χ4n) is 4.10. The van der Waals surface area contributed by atoms with E-state index in [1.165, 1.54) is 5.56 Å². The van der Waals surface area contributed by atoms with Crippen molar-refractivity contribution in [3.63, 3.8) is 0 Å². The van der Waals surface area contributed by atoms with Crippen LogP contribution >= 0.6 is 0 Å². The van der Waals surface area contributed by atoms with E-state index in [1.54, 1.807) is 0 Å². The van der Waals surface area contributed by atoms with Gasteiger partial charge in [0.05, 0.1) is 12.0 Å². The molecule has 0 aliphatic carbocycles. The molecule has 3 heterocycles. The largest absolute Gasteiger partial charge is 0.439 e. The van der Waals surface area contributed by atoms with Gasteiger partial charge in [-0.25, -0.2) is 9.97 Å². The van der Waals surface area contributed by atoms with Crippen molar-refractivity contribution in [2.75, 3.05) is 13.1 Å². The van der Waals surface area contributed by atoms with E-state index in [0.29, 0.717) is 11.9 Å². The summed E-state index contributed by atoms with van der Waals surface area (Å²) in [5.74, 6) is 1.37.